The van der Waals surface area contributed by atoms with Crippen LogP contribution in [0.25, 0.3) is 5.69 Å². The summed E-state index contributed by atoms with van der Waals surface area (Å²) in [7, 11) is 1.37. The van der Waals surface area contributed by atoms with Crippen molar-refractivity contribution in [2.24, 2.45) is 0 Å². The number of ether oxygens (including phenoxy) is 1. The summed E-state index contributed by atoms with van der Waals surface area (Å²) in [5.41, 5.74) is 7.14. The fourth-order valence-corrected chi connectivity index (χ4v) is 5.55. The smallest absolute Gasteiger partial charge is 0.337 e. The molecule has 0 aliphatic carbocycles. The van der Waals surface area contributed by atoms with E-state index < -0.39 is 0 Å². The summed E-state index contributed by atoms with van der Waals surface area (Å²) in [6, 6.07) is 22.7. The van der Waals surface area contributed by atoms with Crippen LogP contribution < -0.4 is 15.5 Å². The molecule has 0 saturated carbocycles. The summed E-state index contributed by atoms with van der Waals surface area (Å²) in [6.07, 6.45) is 1.79. The molecule has 3 heterocycles. The van der Waals surface area contributed by atoms with Gasteiger partial charge in [-0.05, 0) is 98.4 Å². The molecule has 1 amide bonds. The van der Waals surface area contributed by atoms with Crippen molar-refractivity contribution in [1.82, 2.24) is 14.9 Å². The highest BCUT2D eigenvalue weighted by atomic mass is 32.1. The number of methoxy groups -OCH3 is 1. The first kappa shape index (κ1) is 26.1. The molecule has 1 aliphatic rings. The maximum Gasteiger partial charge on any atom is 0.337 e. The molecule has 0 spiro atoms. The van der Waals surface area contributed by atoms with E-state index in [1.165, 1.54) is 14.0 Å². The van der Waals surface area contributed by atoms with Crippen LogP contribution in [0.1, 0.15) is 52.0 Å². The minimum Gasteiger partial charge on any atom is -0.465 e. The van der Waals surface area contributed by atoms with Gasteiger partial charge in [0.15, 0.2) is 5.11 Å². The van der Waals surface area contributed by atoms with Crippen LogP contribution >= 0.6 is 12.2 Å². The van der Waals surface area contributed by atoms with Gasteiger partial charge in [-0.1, -0.05) is 6.07 Å². The lowest BCUT2D eigenvalue weighted by atomic mass is 9.96. The predicted octanol–water partition coefficient (Wildman–Crippen LogP) is 5.41. The van der Waals surface area contributed by atoms with Gasteiger partial charge in [0.25, 0.3) is 0 Å². The average molecular weight is 540 g/mol. The Balaban J connectivity index is 1.60. The number of aryl methyl sites for hydroxylation is 1. The van der Waals surface area contributed by atoms with Crippen molar-refractivity contribution in [1.29, 1.82) is 0 Å². The molecule has 0 unspecified atom stereocenters. The molecule has 8 nitrogen and oxygen atoms in total. The lowest BCUT2D eigenvalue weighted by Crippen LogP contribution is -2.29. The third-order valence-electron chi connectivity index (χ3n) is 6.90. The number of nitrogens with one attached hydrogen (secondary N) is 2. The molecule has 39 heavy (non-hydrogen) atoms. The number of thiocarbonyl (C=S) groups is 1. The second kappa shape index (κ2) is 10.7. The number of carbonyl (C=O) groups excluding carboxylic acids is 2. The molecule has 0 bridgehead atoms. The van der Waals surface area contributed by atoms with Gasteiger partial charge in [-0.3, -0.25) is 9.78 Å². The first-order valence-electron chi connectivity index (χ1n) is 12.5. The fraction of sp³-hybridized carbons (Fsp3) is 0.200. The van der Waals surface area contributed by atoms with Crippen molar-refractivity contribution < 1.29 is 14.3 Å². The lowest BCUT2D eigenvalue weighted by Gasteiger charge is -2.28. The summed E-state index contributed by atoms with van der Waals surface area (Å²) in [4.78, 5) is 30.2. The summed E-state index contributed by atoms with van der Waals surface area (Å²) in [5.74, 6) is -0.492. The molecule has 2 N–H and O–H groups in total. The summed E-state index contributed by atoms with van der Waals surface area (Å²) in [6.45, 7) is 5.64. The highest BCUT2D eigenvalue weighted by molar-refractivity contribution is 7.80. The van der Waals surface area contributed by atoms with Crippen LogP contribution in [0.15, 0.2) is 79.0 Å². The maximum atomic E-state index is 11.9. The molecule has 0 radical (unpaired) electrons. The van der Waals surface area contributed by atoms with Gasteiger partial charge in [-0.25, -0.2) is 4.79 Å². The minimum absolute atomic E-state index is 0.124. The third-order valence-corrected chi connectivity index (χ3v) is 7.21. The van der Waals surface area contributed by atoms with Gasteiger partial charge in [0, 0.05) is 41.6 Å². The van der Waals surface area contributed by atoms with Crippen molar-refractivity contribution in [3.63, 3.8) is 0 Å². The lowest BCUT2D eigenvalue weighted by molar-refractivity contribution is -0.114. The number of pyridine rings is 1. The van der Waals surface area contributed by atoms with E-state index in [-0.39, 0.29) is 24.0 Å². The van der Waals surface area contributed by atoms with Gasteiger partial charge in [0.1, 0.15) is 0 Å². The Hall–Kier alpha value is -4.50. The standard InChI is InChI=1S/C30H29N5O3S/c1-18-17-25(19(2)34(18)23-12-8-21(9-13-23)29(37)38-4)28-27(26-7-5-6-16-31-26)33-30(39)35(28)24-14-10-22(11-15-24)32-20(3)36/h5-17,27-28H,1-4H3,(H,32,36)(H,33,39)/t27-,28+/m0/s1. The normalized spacial score (nSPS) is 16.6. The monoisotopic (exact) mass is 539 g/mol. The number of anilines is 2. The highest BCUT2D eigenvalue weighted by Gasteiger charge is 2.42. The van der Waals surface area contributed by atoms with E-state index in [4.69, 9.17) is 17.0 Å². The minimum atomic E-state index is -0.368. The molecule has 198 valence electrons. The van der Waals surface area contributed by atoms with E-state index in [2.05, 4.69) is 45.0 Å². The maximum absolute atomic E-state index is 11.9. The number of rotatable bonds is 6. The zero-order chi connectivity index (χ0) is 27.7. The quantitative estimate of drug-likeness (QED) is 0.250. The van der Waals surface area contributed by atoms with Crippen molar-refractivity contribution in [3.8, 4) is 5.69 Å². The van der Waals surface area contributed by atoms with Crippen molar-refractivity contribution in [2.45, 2.75) is 32.9 Å². The Morgan fingerprint density at radius 2 is 1.69 bits per heavy atom. The zero-order valence-electron chi connectivity index (χ0n) is 22.1. The molecule has 4 aromatic rings. The summed E-state index contributed by atoms with van der Waals surface area (Å²) < 4.78 is 7.02. The van der Waals surface area contributed by atoms with Gasteiger partial charge in [0.05, 0.1) is 30.5 Å². The van der Waals surface area contributed by atoms with Crippen LogP contribution in [-0.4, -0.2) is 33.6 Å². The van der Waals surface area contributed by atoms with Crippen LogP contribution in [0.2, 0.25) is 0 Å². The van der Waals surface area contributed by atoms with Gasteiger partial charge < -0.3 is 24.8 Å². The van der Waals surface area contributed by atoms with Crippen LogP contribution in [0.5, 0.6) is 0 Å². The van der Waals surface area contributed by atoms with Crippen molar-refractivity contribution in [3.05, 3.63) is 107 Å². The Morgan fingerprint density at radius 1 is 1.00 bits per heavy atom. The van der Waals surface area contributed by atoms with Crippen molar-refractivity contribution >= 4 is 40.6 Å². The molecule has 1 aliphatic heterocycles. The van der Waals surface area contributed by atoms with E-state index in [0.29, 0.717) is 10.7 Å². The van der Waals surface area contributed by atoms with E-state index in [9.17, 15) is 9.59 Å². The van der Waals surface area contributed by atoms with Crippen LogP contribution in [0, 0.1) is 13.8 Å². The number of hydrogen-bond acceptors (Lipinski definition) is 5. The molecular formula is C30H29N5O3S. The van der Waals surface area contributed by atoms with Crippen LogP contribution in [0.4, 0.5) is 11.4 Å². The Kier molecular flexibility index (Phi) is 7.17. The first-order chi connectivity index (χ1) is 18.8. The van der Waals surface area contributed by atoms with Gasteiger partial charge in [0.2, 0.25) is 5.91 Å². The van der Waals surface area contributed by atoms with Gasteiger partial charge in [-0.15, -0.1) is 0 Å². The summed E-state index contributed by atoms with van der Waals surface area (Å²) >= 11 is 5.87. The number of benzene rings is 2. The molecule has 2 aromatic carbocycles. The van der Waals surface area contributed by atoms with E-state index >= 15 is 0 Å². The molecule has 9 heteroatoms. The number of nitrogens with zero attached hydrogens (tertiary/aromatic N) is 3. The number of hydrogen-bond donors (Lipinski definition) is 2. The van der Waals surface area contributed by atoms with E-state index in [1.54, 1.807) is 18.3 Å². The SMILES string of the molecule is COC(=O)c1ccc(-n2c(C)cc([C@@H]3[C@H](c4ccccn4)NC(=S)N3c3ccc(NC(C)=O)cc3)c2C)cc1. The Bertz CT molecular complexity index is 1530. The molecule has 2 atom stereocenters. The third kappa shape index (κ3) is 5.00. The van der Waals surface area contributed by atoms with Gasteiger partial charge >= 0.3 is 5.97 Å². The fourth-order valence-electron chi connectivity index (χ4n) is 5.21. The van der Waals surface area contributed by atoms with Crippen LogP contribution in [-0.2, 0) is 9.53 Å². The number of amides is 1. The number of esters is 1. The van der Waals surface area contributed by atoms with Gasteiger partial charge in [-0.2, -0.15) is 0 Å². The molecule has 2 aromatic heterocycles. The van der Waals surface area contributed by atoms with E-state index in [0.717, 1.165) is 39.7 Å². The van der Waals surface area contributed by atoms with Crippen molar-refractivity contribution in [2.75, 3.05) is 17.3 Å². The predicted molar refractivity (Wildman–Crippen MR) is 155 cm³/mol. The topological polar surface area (TPSA) is 88.5 Å². The largest absolute Gasteiger partial charge is 0.465 e. The molecule has 1 saturated heterocycles. The highest BCUT2D eigenvalue weighted by Crippen LogP contribution is 2.44. The second-order valence-corrected chi connectivity index (χ2v) is 9.81. The first-order valence-corrected chi connectivity index (χ1v) is 12.9. The molecule has 5 rings (SSSR count). The Morgan fingerprint density at radius 3 is 2.31 bits per heavy atom. The summed E-state index contributed by atoms with van der Waals surface area (Å²) in [5, 5.41) is 6.91. The average Bonchev–Trinajstić information content (AvgIpc) is 3.43. The second-order valence-electron chi connectivity index (χ2n) is 9.43. The zero-order valence-corrected chi connectivity index (χ0v) is 23.0. The number of carbonyl (C=O) groups is 2. The Labute approximate surface area is 232 Å². The molecule has 1 fully saturated rings. The molecular weight excluding hydrogens is 510 g/mol. The number of aromatic nitrogens is 2. The van der Waals surface area contributed by atoms with Crippen LogP contribution in [0.3, 0.4) is 0 Å². The van der Waals surface area contributed by atoms with E-state index in [1.807, 2.05) is 54.6 Å².